The average molecular weight is 200 g/mol. The van der Waals surface area contributed by atoms with Crippen LogP contribution in [-0.4, -0.2) is 16.8 Å². The van der Waals surface area contributed by atoms with E-state index in [0.717, 1.165) is 6.54 Å². The molecular weight excluding hydrogens is 182 g/mol. The molecule has 1 nitrogen and oxygen atoms in total. The van der Waals surface area contributed by atoms with Crippen molar-refractivity contribution >= 4 is 11.4 Å². The predicted molar refractivity (Wildman–Crippen MR) is 65.1 cm³/mol. The Morgan fingerprint density at radius 3 is 2.73 bits per heavy atom. The van der Waals surface area contributed by atoms with Crippen LogP contribution >= 0.6 is 0 Å². The van der Waals surface area contributed by atoms with Crippen molar-refractivity contribution in [2.75, 3.05) is 6.54 Å². The summed E-state index contributed by atoms with van der Waals surface area (Å²) in [5, 5.41) is 0. The fraction of sp³-hybridized carbons (Fsp3) is 0.357. The van der Waals surface area contributed by atoms with Crippen LogP contribution in [0, 0.1) is 0 Å². The van der Waals surface area contributed by atoms with E-state index in [-0.39, 0.29) is 0 Å². The lowest BCUT2D eigenvalue weighted by molar-refractivity contribution is -0.432. The third-order valence-electron chi connectivity index (χ3n) is 3.10. The van der Waals surface area contributed by atoms with Gasteiger partial charge >= 0.3 is 0 Å². The van der Waals surface area contributed by atoms with Gasteiger partial charge in [-0.05, 0) is 20.8 Å². The van der Waals surface area contributed by atoms with Crippen molar-refractivity contribution in [1.82, 2.24) is 0 Å². The van der Waals surface area contributed by atoms with Crippen molar-refractivity contribution in [2.45, 2.75) is 26.7 Å². The van der Waals surface area contributed by atoms with Crippen LogP contribution in [0.3, 0.4) is 0 Å². The molecule has 1 aliphatic heterocycles. The third-order valence-corrected chi connectivity index (χ3v) is 3.10. The molecule has 0 radical (unpaired) electrons. The van der Waals surface area contributed by atoms with Gasteiger partial charge < -0.3 is 0 Å². The number of rotatable bonds is 2. The maximum Gasteiger partial charge on any atom is 0.209 e. The summed E-state index contributed by atoms with van der Waals surface area (Å²) in [6.07, 6.45) is 4.36. The molecule has 0 saturated heterocycles. The lowest BCUT2D eigenvalue weighted by atomic mass is 9.98. The van der Waals surface area contributed by atoms with Crippen LogP contribution < -0.4 is 0 Å². The number of allylic oxidation sites excluding steroid dienone is 2. The fourth-order valence-corrected chi connectivity index (χ4v) is 2.39. The summed E-state index contributed by atoms with van der Waals surface area (Å²) in [4.78, 5) is 0. The average Bonchev–Trinajstić information content (AvgIpc) is 2.54. The number of fused-ring (bicyclic) bond motifs is 1. The first-order valence-corrected chi connectivity index (χ1v) is 5.65. The molecule has 0 spiro atoms. The van der Waals surface area contributed by atoms with Crippen molar-refractivity contribution in [2.24, 2.45) is 0 Å². The Balaban J connectivity index is 2.58. The third kappa shape index (κ3) is 1.52. The molecule has 0 aliphatic carbocycles. The predicted octanol–water partition coefficient (Wildman–Crippen LogP) is 3.48. The summed E-state index contributed by atoms with van der Waals surface area (Å²) in [6.45, 7) is 7.61. The molecule has 2 rings (SSSR count). The first-order chi connectivity index (χ1) is 7.29. The lowest BCUT2D eigenvalue weighted by Gasteiger charge is -1.98. The first kappa shape index (κ1) is 10.2. The first-order valence-electron chi connectivity index (χ1n) is 5.65. The zero-order valence-electron chi connectivity index (χ0n) is 9.70. The number of hydrogen-bond acceptors (Lipinski definition) is 0. The van der Waals surface area contributed by atoms with Crippen LogP contribution in [0.15, 0.2) is 36.4 Å². The van der Waals surface area contributed by atoms with Gasteiger partial charge in [0.1, 0.15) is 6.54 Å². The maximum atomic E-state index is 2.40. The van der Waals surface area contributed by atoms with Gasteiger partial charge in [0.05, 0.1) is 5.92 Å². The molecule has 0 N–H and O–H groups in total. The summed E-state index contributed by atoms with van der Waals surface area (Å²) in [7, 11) is 0. The van der Waals surface area contributed by atoms with Crippen LogP contribution in [0.5, 0.6) is 0 Å². The molecule has 1 aliphatic rings. The van der Waals surface area contributed by atoms with Gasteiger partial charge in [0.25, 0.3) is 0 Å². The maximum absolute atomic E-state index is 2.40. The molecule has 1 heteroatoms. The van der Waals surface area contributed by atoms with Crippen molar-refractivity contribution < 1.29 is 4.58 Å². The molecule has 1 unspecified atom stereocenters. The molecule has 1 heterocycles. The fourth-order valence-electron chi connectivity index (χ4n) is 2.39. The van der Waals surface area contributed by atoms with E-state index >= 15 is 0 Å². The van der Waals surface area contributed by atoms with Gasteiger partial charge in [0.15, 0.2) is 5.71 Å². The minimum Gasteiger partial charge on any atom is -0.196 e. The second kappa shape index (κ2) is 4.01. The molecule has 0 amide bonds. The second-order valence-electron chi connectivity index (χ2n) is 3.95. The van der Waals surface area contributed by atoms with E-state index in [4.69, 9.17) is 0 Å². The summed E-state index contributed by atoms with van der Waals surface area (Å²) in [5.41, 5.74) is 4.24. The number of benzene rings is 1. The highest BCUT2D eigenvalue weighted by molar-refractivity contribution is 5.99. The Morgan fingerprint density at radius 1 is 1.33 bits per heavy atom. The van der Waals surface area contributed by atoms with Crippen molar-refractivity contribution in [1.29, 1.82) is 0 Å². The molecule has 1 aromatic carbocycles. The Labute approximate surface area is 91.8 Å². The van der Waals surface area contributed by atoms with Crippen molar-refractivity contribution in [3.63, 3.8) is 0 Å². The Kier molecular flexibility index (Phi) is 2.72. The van der Waals surface area contributed by atoms with Gasteiger partial charge in [-0.15, -0.1) is 0 Å². The normalized spacial score (nSPS) is 20.1. The van der Waals surface area contributed by atoms with Crippen LogP contribution in [0.4, 0.5) is 5.69 Å². The van der Waals surface area contributed by atoms with Gasteiger partial charge in [0, 0.05) is 17.7 Å². The zero-order chi connectivity index (χ0) is 10.8. The second-order valence-corrected chi connectivity index (χ2v) is 3.95. The van der Waals surface area contributed by atoms with Gasteiger partial charge in [-0.3, -0.25) is 0 Å². The van der Waals surface area contributed by atoms with Crippen molar-refractivity contribution in [3.8, 4) is 0 Å². The smallest absolute Gasteiger partial charge is 0.196 e. The Hall–Kier alpha value is -1.37. The van der Waals surface area contributed by atoms with Gasteiger partial charge in [-0.25, -0.2) is 0 Å². The van der Waals surface area contributed by atoms with E-state index in [1.165, 1.54) is 17.0 Å². The molecule has 0 aromatic heterocycles. The standard InChI is InChI=1S/C14H18N/c1-4-8-13-11(3)12-9-6-7-10-14(12)15(13)5-2/h4,6-11H,5H2,1-3H3/q+1/b8-4+. The molecule has 0 fully saturated rings. The molecule has 15 heavy (non-hydrogen) atoms. The SMILES string of the molecule is C/C=C/C1=[N+](CC)c2ccccc2C1C. The quantitative estimate of drug-likeness (QED) is 0.643. The van der Waals surface area contributed by atoms with E-state index < -0.39 is 0 Å². The number of para-hydroxylation sites is 1. The van der Waals surface area contributed by atoms with Crippen LogP contribution in [0.1, 0.15) is 32.3 Å². The van der Waals surface area contributed by atoms with Crippen LogP contribution in [0.25, 0.3) is 0 Å². The van der Waals surface area contributed by atoms with E-state index in [9.17, 15) is 0 Å². The molecule has 0 saturated carbocycles. The van der Waals surface area contributed by atoms with Gasteiger partial charge in [-0.2, -0.15) is 4.58 Å². The van der Waals surface area contributed by atoms with Crippen LogP contribution in [-0.2, 0) is 0 Å². The summed E-state index contributed by atoms with van der Waals surface area (Å²) >= 11 is 0. The summed E-state index contributed by atoms with van der Waals surface area (Å²) < 4.78 is 2.40. The molecule has 1 aromatic rings. The van der Waals surface area contributed by atoms with E-state index in [0.29, 0.717) is 5.92 Å². The Bertz CT molecular complexity index is 427. The minimum atomic E-state index is 0.525. The Morgan fingerprint density at radius 2 is 2.07 bits per heavy atom. The van der Waals surface area contributed by atoms with E-state index in [2.05, 4.69) is 61.8 Å². The van der Waals surface area contributed by atoms with Crippen molar-refractivity contribution in [3.05, 3.63) is 42.0 Å². The largest absolute Gasteiger partial charge is 0.209 e. The van der Waals surface area contributed by atoms with E-state index in [1.54, 1.807) is 0 Å². The minimum absolute atomic E-state index is 0.525. The topological polar surface area (TPSA) is 3.01 Å². The molecule has 1 atom stereocenters. The molecule has 0 bridgehead atoms. The molecular formula is C14H18N+. The molecule has 78 valence electrons. The lowest BCUT2D eigenvalue weighted by Crippen LogP contribution is -2.12. The summed E-state index contributed by atoms with van der Waals surface area (Å²) in [5.74, 6) is 0.525. The highest BCUT2D eigenvalue weighted by Crippen LogP contribution is 2.34. The summed E-state index contributed by atoms with van der Waals surface area (Å²) in [6, 6.07) is 8.69. The van der Waals surface area contributed by atoms with Gasteiger partial charge in [-0.1, -0.05) is 24.3 Å². The number of nitrogens with zero attached hydrogens (tertiary/aromatic N) is 1. The number of hydrogen-bond donors (Lipinski definition) is 0. The highest BCUT2D eigenvalue weighted by atomic mass is 15.0. The van der Waals surface area contributed by atoms with Crippen LogP contribution in [0.2, 0.25) is 0 Å². The zero-order valence-corrected chi connectivity index (χ0v) is 9.70. The monoisotopic (exact) mass is 200 g/mol. The van der Waals surface area contributed by atoms with Gasteiger partial charge in [0.2, 0.25) is 5.69 Å². The van der Waals surface area contributed by atoms with E-state index in [1.807, 2.05) is 0 Å². The highest BCUT2D eigenvalue weighted by Gasteiger charge is 2.33.